The van der Waals surface area contributed by atoms with E-state index in [-0.39, 0.29) is 5.41 Å². The summed E-state index contributed by atoms with van der Waals surface area (Å²) in [4.78, 5) is 8.77. The summed E-state index contributed by atoms with van der Waals surface area (Å²) in [5.74, 6) is 2.45. The van der Waals surface area contributed by atoms with Crippen LogP contribution in [0.3, 0.4) is 0 Å². The van der Waals surface area contributed by atoms with E-state index in [0.717, 1.165) is 18.7 Å². The van der Waals surface area contributed by atoms with E-state index in [1.54, 1.807) is 0 Å². The van der Waals surface area contributed by atoms with Crippen LogP contribution in [-0.2, 0) is 18.4 Å². The molecule has 5 heteroatoms. The van der Waals surface area contributed by atoms with E-state index in [0.29, 0.717) is 18.3 Å². The molecule has 2 rings (SSSR count). The Bertz CT molecular complexity index is 507. The van der Waals surface area contributed by atoms with Crippen LogP contribution in [0.2, 0.25) is 0 Å². The molecule has 0 saturated carbocycles. The highest BCUT2D eigenvalue weighted by atomic mass is 16.5. The van der Waals surface area contributed by atoms with Gasteiger partial charge in [0.25, 0.3) is 0 Å². The molecule has 0 atom stereocenters. The van der Waals surface area contributed by atoms with Crippen molar-refractivity contribution in [3.8, 4) is 0 Å². The van der Waals surface area contributed by atoms with Gasteiger partial charge < -0.3 is 9.09 Å². The van der Waals surface area contributed by atoms with Gasteiger partial charge in [-0.3, -0.25) is 0 Å². The molecule has 0 aliphatic rings. The highest BCUT2D eigenvalue weighted by molar-refractivity contribution is 5.01. The van der Waals surface area contributed by atoms with Gasteiger partial charge in [-0.05, 0) is 6.42 Å². The fourth-order valence-corrected chi connectivity index (χ4v) is 1.71. The molecule has 2 aromatic rings. The van der Waals surface area contributed by atoms with E-state index >= 15 is 0 Å². The summed E-state index contributed by atoms with van der Waals surface area (Å²) < 4.78 is 7.35. The first kappa shape index (κ1) is 12.8. The molecule has 0 aromatic carbocycles. The Morgan fingerprint density at radius 2 is 2.11 bits per heavy atom. The Balaban J connectivity index is 2.14. The second-order valence-corrected chi connectivity index (χ2v) is 5.49. The molecule has 18 heavy (non-hydrogen) atoms. The van der Waals surface area contributed by atoms with Crippen molar-refractivity contribution in [2.45, 2.75) is 52.5 Å². The van der Waals surface area contributed by atoms with E-state index in [4.69, 9.17) is 4.52 Å². The summed E-state index contributed by atoms with van der Waals surface area (Å²) in [7, 11) is 0. The predicted octanol–water partition coefficient (Wildman–Crippen LogP) is 2.56. The molecular weight excluding hydrogens is 228 g/mol. The highest BCUT2D eigenvalue weighted by Gasteiger charge is 2.21. The molecule has 0 unspecified atom stereocenters. The second kappa shape index (κ2) is 4.92. The molecule has 0 bridgehead atoms. The van der Waals surface area contributed by atoms with Gasteiger partial charge in [-0.1, -0.05) is 32.9 Å². The summed E-state index contributed by atoms with van der Waals surface area (Å²) in [6, 6.07) is 0. The average Bonchev–Trinajstić information content (AvgIpc) is 2.89. The number of aromatic nitrogens is 4. The van der Waals surface area contributed by atoms with Crippen molar-refractivity contribution < 1.29 is 4.52 Å². The van der Waals surface area contributed by atoms with Crippen molar-refractivity contribution in [2.75, 3.05) is 0 Å². The summed E-state index contributed by atoms with van der Waals surface area (Å²) in [6.07, 6.45) is 5.82. The van der Waals surface area contributed by atoms with Crippen molar-refractivity contribution >= 4 is 0 Å². The van der Waals surface area contributed by atoms with Crippen molar-refractivity contribution in [3.05, 3.63) is 29.9 Å². The van der Waals surface area contributed by atoms with Gasteiger partial charge in [0, 0.05) is 24.2 Å². The molecule has 0 aliphatic heterocycles. The summed E-state index contributed by atoms with van der Waals surface area (Å²) in [5.41, 5.74) is -0.105. The van der Waals surface area contributed by atoms with Crippen LogP contribution in [-0.4, -0.2) is 19.7 Å². The van der Waals surface area contributed by atoms with E-state index in [2.05, 4.69) is 47.4 Å². The fraction of sp³-hybridized carbons (Fsp3) is 0.615. The summed E-state index contributed by atoms with van der Waals surface area (Å²) in [5, 5.41) is 4.02. The van der Waals surface area contributed by atoms with Crippen LogP contribution in [0.4, 0.5) is 0 Å². The van der Waals surface area contributed by atoms with Crippen LogP contribution in [0.25, 0.3) is 0 Å². The van der Waals surface area contributed by atoms with Crippen molar-refractivity contribution in [3.63, 3.8) is 0 Å². The second-order valence-electron chi connectivity index (χ2n) is 5.49. The van der Waals surface area contributed by atoms with Gasteiger partial charge in [0.15, 0.2) is 5.82 Å². The van der Waals surface area contributed by atoms with Crippen molar-refractivity contribution in [1.82, 2.24) is 19.7 Å². The average molecular weight is 248 g/mol. The molecule has 5 nitrogen and oxygen atoms in total. The third kappa shape index (κ3) is 2.78. The maximum absolute atomic E-state index is 5.28. The first-order valence-electron chi connectivity index (χ1n) is 6.33. The highest BCUT2D eigenvalue weighted by Crippen LogP contribution is 2.19. The van der Waals surface area contributed by atoms with Crippen LogP contribution >= 0.6 is 0 Å². The van der Waals surface area contributed by atoms with Crippen LogP contribution in [0, 0.1) is 0 Å². The maximum Gasteiger partial charge on any atom is 0.232 e. The molecule has 0 radical (unpaired) electrons. The lowest BCUT2D eigenvalue weighted by Crippen LogP contribution is -2.12. The molecule has 0 aliphatic carbocycles. The molecule has 2 heterocycles. The SMILES string of the molecule is CCCc1nccn1Cc1noc(C(C)(C)C)n1. The molecule has 0 fully saturated rings. The van der Waals surface area contributed by atoms with Gasteiger partial charge >= 0.3 is 0 Å². The zero-order valence-corrected chi connectivity index (χ0v) is 11.5. The molecule has 98 valence electrons. The Hall–Kier alpha value is -1.65. The predicted molar refractivity (Wildman–Crippen MR) is 68.3 cm³/mol. The lowest BCUT2D eigenvalue weighted by atomic mass is 9.97. The third-order valence-electron chi connectivity index (χ3n) is 2.70. The zero-order chi connectivity index (χ0) is 13.2. The largest absolute Gasteiger partial charge is 0.339 e. The number of hydrogen-bond acceptors (Lipinski definition) is 4. The minimum absolute atomic E-state index is 0.105. The first-order chi connectivity index (χ1) is 8.50. The standard InChI is InChI=1S/C13H20N4O/c1-5-6-11-14-7-8-17(11)9-10-15-12(18-16-10)13(2,3)4/h7-8H,5-6,9H2,1-4H3. The van der Waals surface area contributed by atoms with E-state index in [9.17, 15) is 0 Å². The number of imidazole rings is 1. The summed E-state index contributed by atoms with van der Waals surface area (Å²) in [6.45, 7) is 8.94. The number of nitrogens with zero attached hydrogens (tertiary/aromatic N) is 4. The summed E-state index contributed by atoms with van der Waals surface area (Å²) >= 11 is 0. The van der Waals surface area contributed by atoms with Gasteiger partial charge in [-0.15, -0.1) is 0 Å². The van der Waals surface area contributed by atoms with Crippen molar-refractivity contribution in [2.24, 2.45) is 0 Å². The van der Waals surface area contributed by atoms with E-state index in [1.165, 1.54) is 0 Å². The normalized spacial score (nSPS) is 12.0. The Morgan fingerprint density at radius 1 is 1.33 bits per heavy atom. The molecule has 0 spiro atoms. The number of rotatable bonds is 4. The topological polar surface area (TPSA) is 56.7 Å². The zero-order valence-electron chi connectivity index (χ0n) is 11.5. The lowest BCUT2D eigenvalue weighted by molar-refractivity contribution is 0.318. The van der Waals surface area contributed by atoms with Gasteiger partial charge in [0.1, 0.15) is 5.82 Å². The minimum atomic E-state index is -0.105. The first-order valence-corrected chi connectivity index (χ1v) is 6.33. The van der Waals surface area contributed by atoms with Crippen LogP contribution in [0.5, 0.6) is 0 Å². The van der Waals surface area contributed by atoms with Gasteiger partial charge in [0.05, 0.1) is 6.54 Å². The molecular formula is C13H20N4O. The molecule has 0 N–H and O–H groups in total. The Morgan fingerprint density at radius 3 is 2.72 bits per heavy atom. The number of aryl methyl sites for hydroxylation is 1. The fourth-order valence-electron chi connectivity index (χ4n) is 1.71. The Labute approximate surface area is 107 Å². The van der Waals surface area contributed by atoms with Crippen LogP contribution < -0.4 is 0 Å². The minimum Gasteiger partial charge on any atom is -0.339 e. The third-order valence-corrected chi connectivity index (χ3v) is 2.70. The molecule has 0 amide bonds. The quantitative estimate of drug-likeness (QED) is 0.834. The van der Waals surface area contributed by atoms with Gasteiger partial charge in [-0.25, -0.2) is 4.98 Å². The molecule has 2 aromatic heterocycles. The molecule has 0 saturated heterocycles. The lowest BCUT2D eigenvalue weighted by Gasteiger charge is -2.10. The monoisotopic (exact) mass is 248 g/mol. The smallest absolute Gasteiger partial charge is 0.232 e. The van der Waals surface area contributed by atoms with Crippen molar-refractivity contribution in [1.29, 1.82) is 0 Å². The van der Waals surface area contributed by atoms with E-state index in [1.807, 2.05) is 12.4 Å². The van der Waals surface area contributed by atoms with Crippen LogP contribution in [0.15, 0.2) is 16.9 Å². The van der Waals surface area contributed by atoms with Gasteiger partial charge in [0.2, 0.25) is 5.89 Å². The van der Waals surface area contributed by atoms with E-state index < -0.39 is 0 Å². The number of hydrogen-bond donors (Lipinski definition) is 0. The van der Waals surface area contributed by atoms with Crippen LogP contribution in [0.1, 0.15) is 51.7 Å². The van der Waals surface area contributed by atoms with Gasteiger partial charge in [-0.2, -0.15) is 4.98 Å². The maximum atomic E-state index is 5.28. The Kier molecular flexibility index (Phi) is 3.50.